The minimum Gasteiger partial charge on any atom is -0.381 e. The molecule has 0 unspecified atom stereocenters. The Morgan fingerprint density at radius 2 is 1.97 bits per heavy atom. The summed E-state index contributed by atoms with van der Waals surface area (Å²) in [6.45, 7) is 5.43. The number of aliphatic imine (C=N–C) groups is 1. The van der Waals surface area contributed by atoms with Crippen LogP contribution in [0.25, 0.3) is 0 Å². The Kier molecular flexibility index (Phi) is 6.07. The van der Waals surface area contributed by atoms with E-state index in [0.29, 0.717) is 24.5 Å². The number of nitrogens with one attached hydrogen (secondary N) is 1. The van der Waals surface area contributed by atoms with E-state index in [1.54, 1.807) is 42.6 Å². The van der Waals surface area contributed by atoms with Gasteiger partial charge in [0.05, 0.1) is 29.3 Å². The lowest BCUT2D eigenvalue weighted by Gasteiger charge is -2.34. The number of anilines is 2. The van der Waals surface area contributed by atoms with E-state index in [-0.39, 0.29) is 17.9 Å². The molecule has 2 aliphatic heterocycles. The summed E-state index contributed by atoms with van der Waals surface area (Å²) in [5, 5.41) is 3.56. The molecule has 1 aromatic carbocycles. The van der Waals surface area contributed by atoms with E-state index in [0.717, 1.165) is 35.3 Å². The van der Waals surface area contributed by atoms with Crippen LogP contribution in [-0.2, 0) is 12.6 Å². The average molecular weight is 486 g/mol. The number of amides is 2. The first-order valence-electron chi connectivity index (χ1n) is 12.2. The monoisotopic (exact) mass is 485 g/mol. The van der Waals surface area contributed by atoms with E-state index in [4.69, 9.17) is 0 Å². The summed E-state index contributed by atoms with van der Waals surface area (Å²) in [6.07, 6.45) is 10.4. The molecule has 1 N–H and O–H groups in total. The lowest BCUT2D eigenvalue weighted by Crippen LogP contribution is -2.43. The highest BCUT2D eigenvalue weighted by molar-refractivity contribution is 6.12. The van der Waals surface area contributed by atoms with Crippen molar-refractivity contribution in [2.24, 2.45) is 12.0 Å². The Morgan fingerprint density at radius 1 is 1.19 bits per heavy atom. The number of benzene rings is 1. The smallest absolute Gasteiger partial charge is 0.289 e. The van der Waals surface area contributed by atoms with Gasteiger partial charge in [-0.3, -0.25) is 24.5 Å². The fourth-order valence-corrected chi connectivity index (χ4v) is 5.22. The zero-order valence-electron chi connectivity index (χ0n) is 21.1. The van der Waals surface area contributed by atoms with E-state index in [1.807, 2.05) is 41.1 Å². The summed E-state index contributed by atoms with van der Waals surface area (Å²) < 4.78 is 1.75. The molecule has 36 heavy (non-hydrogen) atoms. The minimum atomic E-state index is -0.527. The van der Waals surface area contributed by atoms with Crippen LogP contribution in [-0.4, -0.2) is 63.6 Å². The Labute approximate surface area is 210 Å². The second-order valence-corrected chi connectivity index (χ2v) is 9.90. The third-order valence-electron chi connectivity index (χ3n) is 7.12. The molecule has 186 valence electrons. The van der Waals surface area contributed by atoms with Crippen molar-refractivity contribution in [3.05, 3.63) is 71.6 Å². The van der Waals surface area contributed by atoms with Crippen molar-refractivity contribution >= 4 is 29.4 Å². The largest absolute Gasteiger partial charge is 0.381 e. The summed E-state index contributed by atoms with van der Waals surface area (Å²) in [5.41, 5.74) is 3.74. The second kappa shape index (κ2) is 9.22. The number of rotatable bonds is 5. The number of hydrogen-bond acceptors (Lipinski definition) is 6. The molecule has 0 radical (unpaired) electrons. The van der Waals surface area contributed by atoms with E-state index < -0.39 is 5.54 Å². The quantitative estimate of drug-likeness (QED) is 0.559. The predicted molar refractivity (Wildman–Crippen MR) is 140 cm³/mol. The number of fused-ring (bicyclic) bond motifs is 1. The lowest BCUT2D eigenvalue weighted by molar-refractivity contribution is 0.0702. The van der Waals surface area contributed by atoms with Gasteiger partial charge in [0.25, 0.3) is 11.8 Å². The van der Waals surface area contributed by atoms with Gasteiger partial charge in [0, 0.05) is 57.4 Å². The lowest BCUT2D eigenvalue weighted by atomic mass is 9.92. The summed E-state index contributed by atoms with van der Waals surface area (Å²) >= 11 is 0. The fourth-order valence-electron chi connectivity index (χ4n) is 5.22. The van der Waals surface area contributed by atoms with Gasteiger partial charge in [-0.1, -0.05) is 6.07 Å². The number of pyridine rings is 1. The number of likely N-dealkylation sites (tertiary alicyclic amines) is 1. The molecule has 5 rings (SSSR count). The molecule has 2 aromatic heterocycles. The minimum absolute atomic E-state index is 0.0324. The zero-order chi connectivity index (χ0) is 25.4. The Bertz CT molecular complexity index is 1340. The topological polar surface area (TPSA) is 95.7 Å². The van der Waals surface area contributed by atoms with Crippen LogP contribution in [0.5, 0.6) is 0 Å². The summed E-state index contributed by atoms with van der Waals surface area (Å²) in [6, 6.07) is 8.04. The summed E-state index contributed by atoms with van der Waals surface area (Å²) in [7, 11) is 3.57. The van der Waals surface area contributed by atoms with Crippen LogP contribution >= 0.6 is 0 Å². The van der Waals surface area contributed by atoms with Crippen LogP contribution in [0.4, 0.5) is 11.4 Å². The Hall–Kier alpha value is -4.01. The first kappa shape index (κ1) is 23.7. The molecule has 0 aliphatic carbocycles. The standard InChI is InChI=1S/C27H31N7O2/c1-27(2)23-13-18(15-28-3)5-6-22(23)25(35)34(27)21-14-20(16-29-17-21)31-19-7-10-33(11-8-19)26(36)24-30-9-12-32(24)4/h5-6,9,12-17,19,31H,7-8,10-11H2,1-4H3. The SMILES string of the molecule is CN=Cc1ccc2c(c1)C(C)(C)N(c1cncc(NC3CCN(C(=O)c4nccn4C)CC3)c1)C2=O. The first-order chi connectivity index (χ1) is 17.3. The summed E-state index contributed by atoms with van der Waals surface area (Å²) in [5.74, 6) is 0.397. The van der Waals surface area contributed by atoms with Crippen molar-refractivity contribution < 1.29 is 9.59 Å². The van der Waals surface area contributed by atoms with Crippen molar-refractivity contribution in [2.45, 2.75) is 38.3 Å². The molecule has 2 aliphatic rings. The number of carbonyl (C=O) groups is 2. The molecule has 9 heteroatoms. The molecule has 0 saturated carbocycles. The average Bonchev–Trinajstić information content (AvgIpc) is 3.37. The molecular formula is C27H31N7O2. The van der Waals surface area contributed by atoms with Gasteiger partial charge in [-0.15, -0.1) is 0 Å². The van der Waals surface area contributed by atoms with E-state index in [1.165, 1.54) is 0 Å². The van der Waals surface area contributed by atoms with E-state index in [2.05, 4.69) is 34.1 Å². The maximum absolute atomic E-state index is 13.4. The zero-order valence-corrected chi connectivity index (χ0v) is 21.1. The molecule has 9 nitrogen and oxygen atoms in total. The third-order valence-corrected chi connectivity index (χ3v) is 7.12. The molecule has 0 spiro atoms. The number of imidazole rings is 1. The van der Waals surface area contributed by atoms with Crippen molar-refractivity contribution in [3.8, 4) is 0 Å². The number of aryl methyl sites for hydroxylation is 1. The Balaban J connectivity index is 1.29. The third kappa shape index (κ3) is 4.14. The van der Waals surface area contributed by atoms with Gasteiger partial charge in [0.15, 0.2) is 5.82 Å². The highest BCUT2D eigenvalue weighted by atomic mass is 16.2. The number of piperidine rings is 1. The van der Waals surface area contributed by atoms with Crippen LogP contribution in [0.3, 0.4) is 0 Å². The molecule has 1 fully saturated rings. The Morgan fingerprint density at radius 3 is 2.67 bits per heavy atom. The second-order valence-electron chi connectivity index (χ2n) is 9.90. The first-order valence-corrected chi connectivity index (χ1v) is 12.2. The van der Waals surface area contributed by atoms with Crippen LogP contribution in [0.15, 0.2) is 54.0 Å². The number of aromatic nitrogens is 3. The highest BCUT2D eigenvalue weighted by Gasteiger charge is 2.44. The van der Waals surface area contributed by atoms with Crippen LogP contribution in [0, 0.1) is 0 Å². The molecule has 3 aromatic rings. The van der Waals surface area contributed by atoms with Crippen LogP contribution in [0.2, 0.25) is 0 Å². The summed E-state index contributed by atoms with van der Waals surface area (Å²) in [4.78, 5) is 42.6. The maximum atomic E-state index is 13.4. The van der Waals surface area contributed by atoms with E-state index in [9.17, 15) is 9.59 Å². The fraction of sp³-hybridized carbons (Fsp3) is 0.370. The van der Waals surface area contributed by atoms with Crippen molar-refractivity contribution in [1.82, 2.24) is 19.4 Å². The number of carbonyl (C=O) groups excluding carboxylic acids is 2. The predicted octanol–water partition coefficient (Wildman–Crippen LogP) is 3.48. The van der Waals surface area contributed by atoms with Crippen LogP contribution < -0.4 is 10.2 Å². The van der Waals surface area contributed by atoms with Crippen molar-refractivity contribution in [1.29, 1.82) is 0 Å². The molecule has 4 heterocycles. The molecule has 0 bridgehead atoms. The molecular weight excluding hydrogens is 454 g/mol. The maximum Gasteiger partial charge on any atom is 0.289 e. The number of hydrogen-bond donors (Lipinski definition) is 1. The van der Waals surface area contributed by atoms with Gasteiger partial charge in [0.1, 0.15) is 0 Å². The van der Waals surface area contributed by atoms with Gasteiger partial charge < -0.3 is 14.8 Å². The van der Waals surface area contributed by atoms with Gasteiger partial charge in [-0.2, -0.15) is 0 Å². The van der Waals surface area contributed by atoms with Gasteiger partial charge in [-0.05, 0) is 56.0 Å². The van der Waals surface area contributed by atoms with Crippen molar-refractivity contribution in [2.75, 3.05) is 30.4 Å². The molecule has 0 atom stereocenters. The molecule has 1 saturated heterocycles. The van der Waals surface area contributed by atoms with Gasteiger partial charge in [0.2, 0.25) is 0 Å². The van der Waals surface area contributed by atoms with Gasteiger partial charge in [-0.25, -0.2) is 4.98 Å². The van der Waals surface area contributed by atoms with Crippen molar-refractivity contribution in [3.63, 3.8) is 0 Å². The van der Waals surface area contributed by atoms with Gasteiger partial charge >= 0.3 is 0 Å². The van der Waals surface area contributed by atoms with Crippen LogP contribution in [0.1, 0.15) is 58.8 Å². The highest BCUT2D eigenvalue weighted by Crippen LogP contribution is 2.42. The number of nitrogens with zero attached hydrogens (tertiary/aromatic N) is 6. The molecule has 2 amide bonds. The normalized spacial score (nSPS) is 17.6. The van der Waals surface area contributed by atoms with E-state index >= 15 is 0 Å².